The molecular weight excluding hydrogens is 1620 g/mol. The topological polar surface area (TPSA) is 436 Å². The molecule has 0 aromatic heterocycles. The van der Waals surface area contributed by atoms with Crippen LogP contribution in [0.4, 0.5) is 0 Å². The molecule has 0 aromatic carbocycles. The molecule has 0 radical (unpaired) electrons. The van der Waals surface area contributed by atoms with Crippen LogP contribution in [0.15, 0.2) is 46.6 Å². The summed E-state index contributed by atoms with van der Waals surface area (Å²) in [5.74, 6) is -6.88. The van der Waals surface area contributed by atoms with Crippen molar-refractivity contribution < 1.29 is 141 Å². The number of esters is 8. The molecule has 12 saturated carbocycles. The van der Waals surface area contributed by atoms with Gasteiger partial charge in [-0.1, -0.05) is 67.5 Å². The highest BCUT2D eigenvalue weighted by atomic mass is 16.6. The second kappa shape index (κ2) is 27.0. The quantitative estimate of drug-likeness (QED) is 0.0648. The average Bonchev–Trinajstić information content (AvgIpc) is 1.49. The van der Waals surface area contributed by atoms with Crippen LogP contribution >= 0.6 is 0 Å². The van der Waals surface area contributed by atoms with Gasteiger partial charge < -0.3 is 92.6 Å². The molecule has 0 aromatic rings. The largest absolute Gasteiger partial charge is 0.469 e. The van der Waals surface area contributed by atoms with Crippen LogP contribution in [0.25, 0.3) is 0 Å². The van der Waals surface area contributed by atoms with Gasteiger partial charge in [-0.3, -0.25) is 43.2 Å². The van der Waals surface area contributed by atoms with E-state index >= 15 is 0 Å². The molecule has 8 heterocycles. The first-order valence-electron chi connectivity index (χ1n) is 46.6. The second-order valence-electron chi connectivity index (χ2n) is 44.7. The van der Waals surface area contributed by atoms with Gasteiger partial charge in [0, 0.05) is 106 Å². The van der Waals surface area contributed by atoms with Gasteiger partial charge in [0.05, 0.1) is 113 Å². The number of methoxy groups -OCH3 is 4. The third-order valence-electron chi connectivity index (χ3n) is 41.4. The average molecular weight is 1740 g/mol. The van der Waals surface area contributed by atoms with Gasteiger partial charge in [0.25, 0.3) is 0 Å². The molecule has 39 atom stereocenters. The summed E-state index contributed by atoms with van der Waals surface area (Å²) in [6.45, 7) is 17.1. The van der Waals surface area contributed by atoms with E-state index in [0.717, 1.165) is 68.9 Å². The zero-order valence-corrected chi connectivity index (χ0v) is 73.8. The Hall–Kier alpha value is -6.38. The number of carbonyl (C=O) groups excluding carboxylic acids is 10. The van der Waals surface area contributed by atoms with Crippen molar-refractivity contribution in [3.8, 4) is 0 Å². The molecule has 13 unspecified atom stereocenters. The summed E-state index contributed by atoms with van der Waals surface area (Å²) >= 11 is 0. The van der Waals surface area contributed by atoms with E-state index in [1.165, 1.54) is 34.5 Å². The zero-order valence-electron chi connectivity index (χ0n) is 73.8. The van der Waals surface area contributed by atoms with Crippen LogP contribution in [0.5, 0.6) is 0 Å². The lowest BCUT2D eigenvalue weighted by Gasteiger charge is -2.60. The highest BCUT2D eigenvalue weighted by Gasteiger charge is 2.91. The summed E-state index contributed by atoms with van der Waals surface area (Å²) in [5, 5.41) is 76.8. The van der Waals surface area contributed by atoms with E-state index in [9.17, 15) is 83.7 Å². The Bertz CT molecular complexity index is 4750. The number of epoxide rings is 4. The number of aliphatic hydroxyl groups excluding tert-OH is 7. The van der Waals surface area contributed by atoms with E-state index in [2.05, 4.69) is 55.4 Å². The molecule has 29 nitrogen and oxygen atoms in total. The van der Waals surface area contributed by atoms with Crippen molar-refractivity contribution in [2.75, 3.05) is 28.4 Å². The van der Waals surface area contributed by atoms with Crippen LogP contribution in [0, 0.1) is 114 Å². The lowest BCUT2D eigenvalue weighted by Crippen LogP contribution is -2.66. The summed E-state index contributed by atoms with van der Waals surface area (Å²) < 4.78 is 70.9. The van der Waals surface area contributed by atoms with Gasteiger partial charge in [-0.2, -0.15) is 0 Å². The molecule has 24 aliphatic rings. The van der Waals surface area contributed by atoms with Gasteiger partial charge in [0.1, 0.15) is 44.8 Å². The Kier molecular flexibility index (Phi) is 18.4. The highest BCUT2D eigenvalue weighted by molar-refractivity contribution is 5.94. The van der Waals surface area contributed by atoms with E-state index in [-0.39, 0.29) is 124 Å². The summed E-state index contributed by atoms with van der Waals surface area (Å²) in [5.41, 5.74) is -5.32. The summed E-state index contributed by atoms with van der Waals surface area (Å²) in [4.78, 5) is 126. The van der Waals surface area contributed by atoms with Crippen molar-refractivity contribution in [3.05, 3.63) is 46.6 Å². The summed E-state index contributed by atoms with van der Waals surface area (Å²) in [6.07, 6.45) is 17.0. The minimum atomic E-state index is -1.14. The number of fused-ring (bicyclic) bond motifs is 16. The smallest absolute Gasteiger partial charge is 0.335 e. The lowest BCUT2D eigenvalue weighted by molar-refractivity contribution is -0.180. The third-order valence-corrected chi connectivity index (χ3v) is 41.4. The Morgan fingerprint density at radius 2 is 0.600 bits per heavy atom. The highest BCUT2D eigenvalue weighted by Crippen LogP contribution is 2.84. The van der Waals surface area contributed by atoms with E-state index in [1.807, 2.05) is 0 Å². The molecule has 24 rings (SSSR count). The van der Waals surface area contributed by atoms with Gasteiger partial charge in [0.2, 0.25) is 0 Å². The molecule has 16 aliphatic carbocycles. The van der Waals surface area contributed by atoms with Crippen LogP contribution in [-0.2, 0) is 105 Å². The van der Waals surface area contributed by atoms with Gasteiger partial charge >= 0.3 is 47.8 Å². The summed E-state index contributed by atoms with van der Waals surface area (Å²) in [7, 11) is 5.39. The first-order chi connectivity index (χ1) is 58.9. The predicted octanol–water partition coefficient (Wildman–Crippen LogP) is 6.94. The SMILES string of the molecule is COC(=O)C1C2C3CC[C@@]4(CC(O)C(=O)O4)[C@@]3(C)C[C@H]3O[C@@]23[C@@]2(C)CCC(=O)C=C2[C@@H]1O.COC(=O)C1C2C3CC[C@@]4(CCC(=O)O4)[C@@]3(C)C[C@H]3O[C@@]23[C@@]2(C)CCC(=O)C=C2[C@@H]1O.COC(=O)C1C2C3CC[C@@]4(CCC(=O)O4)[C@@]3(C)C[C@H]3O[C@@]23[C@@]2(C)CC[C@H](O)C=C2[C@@H]1O.COC(=O)C1C2C3CC[C@@]4(CCC(=O)O4)[C@@]3(C)C[C@H]3O[C@@]23[C@@]2(C)CC[C@H](O)C=C2[C@@H]1O. The van der Waals surface area contributed by atoms with Gasteiger partial charge in [-0.05, 0) is 193 Å². The Balaban J connectivity index is 0.000000102. The molecule has 8 spiro atoms. The second-order valence-corrected chi connectivity index (χ2v) is 44.7. The minimum absolute atomic E-state index is 0.0134. The van der Waals surface area contributed by atoms with E-state index < -0.39 is 168 Å². The van der Waals surface area contributed by atoms with Crippen LogP contribution in [-0.4, -0.2) is 235 Å². The van der Waals surface area contributed by atoms with E-state index in [0.29, 0.717) is 120 Å². The number of ether oxygens (including phenoxy) is 12. The number of ketones is 2. The van der Waals surface area contributed by atoms with Crippen LogP contribution in [0.1, 0.15) is 229 Å². The molecule has 682 valence electrons. The fraction of sp³-hybridized carbons (Fsp3) is 0.812. The Labute approximate surface area is 726 Å². The maximum atomic E-state index is 13.1. The summed E-state index contributed by atoms with van der Waals surface area (Å²) in [6, 6.07) is 0. The molecule has 7 N–H and O–H groups in total. The molecule has 0 amide bonds. The fourth-order valence-corrected chi connectivity index (χ4v) is 35.3. The Morgan fingerprint density at radius 1 is 0.328 bits per heavy atom. The Morgan fingerprint density at radius 3 is 0.864 bits per heavy atom. The van der Waals surface area contributed by atoms with Crippen LogP contribution < -0.4 is 0 Å². The van der Waals surface area contributed by atoms with Gasteiger partial charge in [0.15, 0.2) is 17.7 Å². The first kappa shape index (κ1) is 85.4. The van der Waals surface area contributed by atoms with Crippen molar-refractivity contribution in [1.29, 1.82) is 0 Å². The van der Waals surface area contributed by atoms with Gasteiger partial charge in [-0.25, -0.2) is 4.79 Å². The number of rotatable bonds is 4. The molecule has 20 fully saturated rings. The molecule has 29 heteroatoms. The van der Waals surface area contributed by atoms with E-state index in [4.69, 9.17) is 56.8 Å². The fourth-order valence-electron chi connectivity index (χ4n) is 35.3. The minimum Gasteiger partial charge on any atom is -0.469 e. The van der Waals surface area contributed by atoms with Gasteiger partial charge in [-0.15, -0.1) is 0 Å². The molecular formula is C96H124O29. The third kappa shape index (κ3) is 10.2. The zero-order chi connectivity index (χ0) is 88.8. The first-order valence-corrected chi connectivity index (χ1v) is 46.6. The number of aliphatic hydroxyl groups is 7. The van der Waals surface area contributed by atoms with E-state index in [1.54, 1.807) is 18.2 Å². The van der Waals surface area contributed by atoms with Crippen molar-refractivity contribution in [2.24, 2.45) is 114 Å². The molecule has 8 saturated heterocycles. The maximum absolute atomic E-state index is 13.1. The van der Waals surface area contributed by atoms with Crippen molar-refractivity contribution >= 4 is 59.3 Å². The lowest BCUT2D eigenvalue weighted by atomic mass is 9.43. The molecule has 0 bridgehead atoms. The van der Waals surface area contributed by atoms with Crippen molar-refractivity contribution in [1.82, 2.24) is 0 Å². The monoisotopic (exact) mass is 1740 g/mol. The van der Waals surface area contributed by atoms with Crippen molar-refractivity contribution in [2.45, 2.75) is 341 Å². The molecule has 8 aliphatic heterocycles. The number of hydrogen-bond donors (Lipinski definition) is 7. The number of carbonyl (C=O) groups is 10. The van der Waals surface area contributed by atoms with Crippen LogP contribution in [0.2, 0.25) is 0 Å². The predicted molar refractivity (Wildman–Crippen MR) is 430 cm³/mol. The molecule has 125 heavy (non-hydrogen) atoms. The van der Waals surface area contributed by atoms with Crippen LogP contribution in [0.3, 0.4) is 0 Å². The van der Waals surface area contributed by atoms with Crippen molar-refractivity contribution in [3.63, 3.8) is 0 Å². The normalized spacial score (nSPS) is 55.8. The number of hydrogen-bond acceptors (Lipinski definition) is 29. The standard InChI is InChI=1S/C24H30O8.2C24H32O7.C24H30O7/c1-21-6-4-11(25)8-13(21)18(27)16(20(29)30-3)17-12-5-7-23(9-14(26)19(28)32-23)22(12,2)10-15-24(17,21)31-15;3*1-21-7-4-12(25)10-14(21)19(27)17(20(28)29-3)18-13-5-8-23(9-6-16(26)31-23)22(13,2)11-15-24(18,21)30-15/h8,12,14-18,26-27H,4-7,9-10H2,1-3H3;2*10,12-13,15,17-19,25,27H,4-9,11H2,1-3H3;10,13,15,17-19,27H,4-9,11H2,1-3H3/t12?,14?,15-,16?,17?,18+,21+,22+,23-,24-;2*12-,13?,15+,17?,18?,19-,21-,22-,23+,24+;13?,15-,17?,18?,19+,21+,22+,23-,24-/m1001/s1. The maximum Gasteiger partial charge on any atom is 0.335 e.